The lowest BCUT2D eigenvalue weighted by molar-refractivity contribution is -0.117. The maximum atomic E-state index is 14.6. The van der Waals surface area contributed by atoms with Crippen molar-refractivity contribution in [3.05, 3.63) is 72.6 Å². The summed E-state index contributed by atoms with van der Waals surface area (Å²) in [6.07, 6.45) is 7.93. The minimum atomic E-state index is -3.46. The third-order valence-corrected chi connectivity index (χ3v) is 7.54. The van der Waals surface area contributed by atoms with E-state index in [0.29, 0.717) is 68.3 Å². The zero-order valence-electron chi connectivity index (χ0n) is 24.9. The molecule has 14 heteroatoms. The first-order chi connectivity index (χ1) is 21.3. The Morgan fingerprint density at radius 1 is 1.02 bits per heavy atom. The number of amides is 1. The Bertz CT molecular complexity index is 2190. The van der Waals surface area contributed by atoms with Gasteiger partial charge in [0.1, 0.15) is 17.0 Å². The molecule has 5 aromatic heterocycles. The van der Waals surface area contributed by atoms with Crippen LogP contribution in [0.4, 0.5) is 10.1 Å². The Kier molecular flexibility index (Phi) is 7.62. The lowest BCUT2D eigenvalue weighted by Crippen LogP contribution is -2.21. The number of fused-ring (bicyclic) bond motifs is 2. The van der Waals surface area contributed by atoms with Gasteiger partial charge in [-0.15, -0.1) is 0 Å². The number of imidazole rings is 1. The van der Waals surface area contributed by atoms with Crippen LogP contribution >= 0.6 is 0 Å². The molecule has 230 valence electrons. The summed E-state index contributed by atoms with van der Waals surface area (Å²) in [5, 5.41) is 11.1. The van der Waals surface area contributed by atoms with Crippen molar-refractivity contribution in [1.82, 2.24) is 39.8 Å². The molecule has 0 unspecified atom stereocenters. The molecular weight excluding hydrogens is 597 g/mol. The van der Waals surface area contributed by atoms with Crippen LogP contribution in [0, 0.1) is 11.2 Å². The second-order valence-electron chi connectivity index (χ2n) is 12.0. The number of nitrogens with zero attached hydrogens (tertiary/aromatic N) is 5. The van der Waals surface area contributed by atoms with Crippen LogP contribution < -0.4 is 10.0 Å². The molecule has 6 rings (SSSR count). The molecule has 0 saturated carbocycles. The first kappa shape index (κ1) is 30.0. The molecule has 0 spiro atoms. The minimum absolute atomic E-state index is 0.0546. The summed E-state index contributed by atoms with van der Waals surface area (Å²) >= 11 is 0. The van der Waals surface area contributed by atoms with E-state index < -0.39 is 15.8 Å². The van der Waals surface area contributed by atoms with Crippen LogP contribution in [0.5, 0.6) is 0 Å². The van der Waals surface area contributed by atoms with Gasteiger partial charge in [0.2, 0.25) is 15.9 Å². The summed E-state index contributed by atoms with van der Waals surface area (Å²) in [6, 6.07) is 9.75. The van der Waals surface area contributed by atoms with E-state index in [1.807, 2.05) is 32.9 Å². The zero-order valence-corrected chi connectivity index (χ0v) is 25.8. The number of sulfonamides is 1. The Morgan fingerprint density at radius 3 is 2.62 bits per heavy atom. The number of hydrogen-bond acceptors (Lipinski definition) is 8. The second kappa shape index (κ2) is 11.4. The highest BCUT2D eigenvalue weighted by molar-refractivity contribution is 7.88. The third-order valence-electron chi connectivity index (χ3n) is 6.87. The molecule has 0 atom stereocenters. The van der Waals surface area contributed by atoms with Crippen LogP contribution in [-0.4, -0.2) is 55.7 Å². The number of rotatable bonds is 8. The average molecular weight is 628 g/mol. The van der Waals surface area contributed by atoms with Gasteiger partial charge in [-0.05, 0) is 52.9 Å². The van der Waals surface area contributed by atoms with Crippen LogP contribution in [0.2, 0.25) is 0 Å². The second-order valence-corrected chi connectivity index (χ2v) is 13.9. The number of anilines is 1. The smallest absolute Gasteiger partial charge is 0.224 e. The SMILES string of the molecule is CC(C)(C)CC(=O)Nc1cncc(-c2cc3c(-c4nc5c(-c6cc(F)cc(CNS(C)(=O)=O)c6)ccnc5[nH]4)n[nH]c3cn2)c1. The average Bonchev–Trinajstić information content (AvgIpc) is 3.58. The summed E-state index contributed by atoms with van der Waals surface area (Å²) in [7, 11) is -3.46. The Labute approximate surface area is 258 Å². The molecule has 0 aliphatic rings. The van der Waals surface area contributed by atoms with Crippen LogP contribution in [0.3, 0.4) is 0 Å². The van der Waals surface area contributed by atoms with E-state index in [4.69, 9.17) is 4.98 Å². The molecule has 5 heterocycles. The Balaban J connectivity index is 1.34. The van der Waals surface area contributed by atoms with Crippen LogP contribution in [0.25, 0.3) is 56.0 Å². The summed E-state index contributed by atoms with van der Waals surface area (Å²) < 4.78 is 40.1. The molecule has 1 aromatic carbocycles. The lowest BCUT2D eigenvalue weighted by Gasteiger charge is -2.17. The largest absolute Gasteiger partial charge is 0.325 e. The number of hydrogen-bond donors (Lipinski definition) is 4. The van der Waals surface area contributed by atoms with Crippen molar-refractivity contribution in [1.29, 1.82) is 0 Å². The minimum Gasteiger partial charge on any atom is -0.325 e. The van der Waals surface area contributed by atoms with Gasteiger partial charge >= 0.3 is 0 Å². The molecule has 1 amide bonds. The number of carbonyl (C=O) groups is 1. The number of benzene rings is 1. The van der Waals surface area contributed by atoms with Gasteiger partial charge in [-0.25, -0.2) is 27.5 Å². The Hall–Kier alpha value is -5.08. The molecule has 6 aromatic rings. The van der Waals surface area contributed by atoms with Crippen LogP contribution in [0.15, 0.2) is 61.2 Å². The number of pyridine rings is 3. The number of carbonyl (C=O) groups excluding carboxylic acids is 1. The monoisotopic (exact) mass is 627 g/mol. The fourth-order valence-electron chi connectivity index (χ4n) is 4.97. The van der Waals surface area contributed by atoms with E-state index in [1.54, 1.807) is 36.9 Å². The predicted octanol–water partition coefficient (Wildman–Crippen LogP) is 5.19. The van der Waals surface area contributed by atoms with E-state index in [0.717, 1.165) is 11.6 Å². The number of aromatic amines is 2. The molecule has 45 heavy (non-hydrogen) atoms. The number of aromatic nitrogens is 7. The predicted molar refractivity (Wildman–Crippen MR) is 170 cm³/mol. The van der Waals surface area contributed by atoms with Crippen molar-refractivity contribution in [3.63, 3.8) is 0 Å². The lowest BCUT2D eigenvalue weighted by atomic mass is 9.92. The van der Waals surface area contributed by atoms with Crippen molar-refractivity contribution < 1.29 is 17.6 Å². The first-order valence-corrected chi connectivity index (χ1v) is 15.9. The molecule has 4 N–H and O–H groups in total. The zero-order chi connectivity index (χ0) is 31.9. The van der Waals surface area contributed by atoms with Crippen molar-refractivity contribution in [3.8, 4) is 33.9 Å². The van der Waals surface area contributed by atoms with Gasteiger partial charge in [0.15, 0.2) is 11.5 Å². The normalized spacial score (nSPS) is 12.2. The van der Waals surface area contributed by atoms with Gasteiger partial charge in [-0.3, -0.25) is 19.9 Å². The van der Waals surface area contributed by atoms with Crippen LogP contribution in [0.1, 0.15) is 32.8 Å². The highest BCUT2D eigenvalue weighted by atomic mass is 32.2. The van der Waals surface area contributed by atoms with Gasteiger partial charge in [0.25, 0.3) is 0 Å². The van der Waals surface area contributed by atoms with Gasteiger partial charge < -0.3 is 10.3 Å². The fraction of sp³-hybridized carbons (Fsp3) is 0.226. The molecule has 0 aliphatic heterocycles. The summed E-state index contributed by atoms with van der Waals surface area (Å²) in [5.74, 6) is -0.172. The van der Waals surface area contributed by atoms with E-state index in [9.17, 15) is 17.6 Å². The number of nitrogens with one attached hydrogen (secondary N) is 4. The highest BCUT2D eigenvalue weighted by Gasteiger charge is 2.19. The number of halogens is 1. The summed E-state index contributed by atoms with van der Waals surface area (Å²) in [5.41, 5.74) is 5.51. The molecule has 0 saturated heterocycles. The fourth-order valence-corrected chi connectivity index (χ4v) is 5.40. The van der Waals surface area contributed by atoms with Crippen molar-refractivity contribution in [2.75, 3.05) is 11.6 Å². The van der Waals surface area contributed by atoms with Crippen molar-refractivity contribution >= 4 is 43.7 Å². The van der Waals surface area contributed by atoms with Gasteiger partial charge in [0, 0.05) is 41.9 Å². The van der Waals surface area contributed by atoms with E-state index >= 15 is 0 Å². The summed E-state index contributed by atoms with van der Waals surface area (Å²) in [4.78, 5) is 33.8. The standard InChI is InChI=1S/C31H30FN9O3S/c1-31(2,3)12-26(42)37-21-10-19(14-33-15-21)24-11-23-25(16-35-24)40-41-28(23)30-38-27-22(5-6-34-29(27)39-30)18-7-17(8-20(32)9-18)13-36-45(4,43)44/h5-11,14-16,36H,12-13H2,1-4H3,(H,37,42)(H,40,41)(H,34,38,39). The molecule has 0 radical (unpaired) electrons. The highest BCUT2D eigenvalue weighted by Crippen LogP contribution is 2.33. The topological polar surface area (TPSA) is 171 Å². The van der Waals surface area contributed by atoms with E-state index in [2.05, 4.69) is 40.2 Å². The molecule has 0 bridgehead atoms. The van der Waals surface area contributed by atoms with Crippen molar-refractivity contribution in [2.45, 2.75) is 33.7 Å². The van der Waals surface area contributed by atoms with Crippen LogP contribution in [-0.2, 0) is 21.4 Å². The number of H-pyrrole nitrogens is 2. The Morgan fingerprint density at radius 2 is 1.84 bits per heavy atom. The quantitative estimate of drug-likeness (QED) is 0.179. The summed E-state index contributed by atoms with van der Waals surface area (Å²) in [6.45, 7) is 5.95. The van der Waals surface area contributed by atoms with Gasteiger partial charge in [-0.2, -0.15) is 5.10 Å². The molecular formula is C31H30FN9O3S. The van der Waals surface area contributed by atoms with Crippen molar-refractivity contribution in [2.24, 2.45) is 5.41 Å². The molecule has 0 fully saturated rings. The van der Waals surface area contributed by atoms with Gasteiger partial charge in [-0.1, -0.05) is 20.8 Å². The maximum absolute atomic E-state index is 14.6. The molecule has 12 nitrogen and oxygen atoms in total. The first-order valence-electron chi connectivity index (χ1n) is 14.0. The maximum Gasteiger partial charge on any atom is 0.224 e. The van der Waals surface area contributed by atoms with E-state index in [-0.39, 0.29) is 17.9 Å². The third kappa shape index (κ3) is 6.86. The van der Waals surface area contributed by atoms with E-state index in [1.165, 1.54) is 12.1 Å². The van der Waals surface area contributed by atoms with Gasteiger partial charge in [0.05, 0.1) is 35.5 Å². The molecule has 0 aliphatic carbocycles.